The molecule has 5 nitrogen and oxygen atoms in total. The molecule has 0 spiro atoms. The number of hydrogen-bond acceptors (Lipinski definition) is 4. The Bertz CT molecular complexity index is 535. The molecule has 0 aromatic carbocycles. The van der Waals surface area contributed by atoms with Gasteiger partial charge in [-0.15, -0.1) is 0 Å². The molecule has 6 heteroatoms. The summed E-state index contributed by atoms with van der Waals surface area (Å²) in [5.74, 6) is -0.244. The molecule has 2 heterocycles. The number of hydrogen-bond donors (Lipinski definition) is 3. The maximum absolute atomic E-state index is 10.9. The van der Waals surface area contributed by atoms with Crippen molar-refractivity contribution in [1.29, 1.82) is 0 Å². The molecule has 2 rings (SSSR count). The smallest absolute Gasteiger partial charge is 0.356 e. The van der Waals surface area contributed by atoms with Gasteiger partial charge < -0.3 is 14.6 Å². The van der Waals surface area contributed by atoms with Crippen LogP contribution < -0.4 is 0 Å². The molecule has 0 amide bonds. The van der Waals surface area contributed by atoms with Crippen LogP contribution in [-0.4, -0.2) is 25.6 Å². The normalized spacial score (nSPS) is 10.7. The van der Waals surface area contributed by atoms with E-state index in [0.717, 1.165) is 0 Å². The van der Waals surface area contributed by atoms with Crippen LogP contribution in [0.5, 0.6) is 5.75 Å². The molecular formula is C9H8N2O3S. The fraction of sp³-hybridized carbons (Fsp3) is 0.111. The molecule has 2 aromatic heterocycles. The first kappa shape index (κ1) is 9.85. The van der Waals surface area contributed by atoms with Gasteiger partial charge in [0.15, 0.2) is 5.69 Å². The van der Waals surface area contributed by atoms with E-state index in [9.17, 15) is 9.90 Å². The number of imidazole rings is 1. The van der Waals surface area contributed by atoms with Crippen molar-refractivity contribution in [2.45, 2.75) is 5.75 Å². The Morgan fingerprint density at radius 3 is 2.93 bits per heavy atom. The second kappa shape index (κ2) is 3.47. The summed E-state index contributed by atoms with van der Waals surface area (Å²) in [6, 6.07) is 2.83. The summed E-state index contributed by atoms with van der Waals surface area (Å²) in [6.45, 7) is 0. The fourth-order valence-corrected chi connectivity index (χ4v) is 1.63. The van der Waals surface area contributed by atoms with Crippen LogP contribution in [0.3, 0.4) is 0 Å². The van der Waals surface area contributed by atoms with Crippen LogP contribution >= 0.6 is 12.6 Å². The monoisotopic (exact) mass is 224 g/mol. The molecule has 78 valence electrons. The topological polar surface area (TPSA) is 74.8 Å². The van der Waals surface area contributed by atoms with Crippen molar-refractivity contribution in [2.24, 2.45) is 0 Å². The summed E-state index contributed by atoms with van der Waals surface area (Å²) in [6.07, 6.45) is 1.57. The van der Waals surface area contributed by atoms with Gasteiger partial charge in [-0.3, -0.25) is 0 Å². The van der Waals surface area contributed by atoms with E-state index in [-0.39, 0.29) is 11.4 Å². The second-order valence-corrected chi connectivity index (χ2v) is 3.30. The summed E-state index contributed by atoms with van der Waals surface area (Å²) >= 11 is 4.05. The Hall–Kier alpha value is -1.69. The Balaban J connectivity index is 2.81. The number of aromatic hydroxyl groups is 1. The number of carboxylic acids is 1. The molecule has 0 aliphatic carbocycles. The van der Waals surface area contributed by atoms with Crippen LogP contribution in [0.15, 0.2) is 18.3 Å². The van der Waals surface area contributed by atoms with Crippen molar-refractivity contribution in [1.82, 2.24) is 9.38 Å². The number of aromatic nitrogens is 2. The molecular weight excluding hydrogens is 216 g/mol. The van der Waals surface area contributed by atoms with E-state index >= 15 is 0 Å². The maximum Gasteiger partial charge on any atom is 0.356 e. The number of thiol groups is 1. The molecule has 0 fully saturated rings. The van der Waals surface area contributed by atoms with Gasteiger partial charge in [0, 0.05) is 18.0 Å². The maximum atomic E-state index is 10.9. The Kier molecular flexibility index (Phi) is 2.28. The molecule has 15 heavy (non-hydrogen) atoms. The van der Waals surface area contributed by atoms with Crippen molar-refractivity contribution < 1.29 is 15.0 Å². The predicted octanol–water partition coefficient (Wildman–Crippen LogP) is 1.17. The van der Waals surface area contributed by atoms with E-state index in [4.69, 9.17) is 5.11 Å². The van der Waals surface area contributed by atoms with Crippen LogP contribution in [0.25, 0.3) is 5.52 Å². The number of carbonyl (C=O) groups is 1. The van der Waals surface area contributed by atoms with Crippen molar-refractivity contribution in [3.63, 3.8) is 0 Å². The quantitative estimate of drug-likeness (QED) is 0.669. The molecule has 0 aliphatic heterocycles. The Morgan fingerprint density at radius 2 is 2.33 bits per heavy atom. The minimum absolute atomic E-state index is 0.00983. The van der Waals surface area contributed by atoms with E-state index in [1.54, 1.807) is 10.6 Å². The molecule has 0 saturated heterocycles. The molecule has 0 aliphatic rings. The van der Waals surface area contributed by atoms with Gasteiger partial charge in [0.05, 0.1) is 5.52 Å². The molecule has 0 radical (unpaired) electrons. The zero-order valence-corrected chi connectivity index (χ0v) is 8.48. The first-order chi connectivity index (χ1) is 7.13. The predicted molar refractivity (Wildman–Crippen MR) is 56.5 cm³/mol. The summed E-state index contributed by atoms with van der Waals surface area (Å²) in [4.78, 5) is 14.8. The van der Waals surface area contributed by atoms with Crippen LogP contribution in [0.4, 0.5) is 0 Å². The standard InChI is InChI=1S/C9H8N2O3S/c12-5-1-2-11-6(3-5)8(9(13)14)10-7(11)4-15/h1-3,12,15H,4H2,(H,13,14). The van der Waals surface area contributed by atoms with Gasteiger partial charge in [0.25, 0.3) is 0 Å². The van der Waals surface area contributed by atoms with Gasteiger partial charge in [-0.25, -0.2) is 9.78 Å². The van der Waals surface area contributed by atoms with Crippen molar-refractivity contribution in [3.05, 3.63) is 29.8 Å². The highest BCUT2D eigenvalue weighted by Crippen LogP contribution is 2.19. The average molecular weight is 224 g/mol. The minimum Gasteiger partial charge on any atom is -0.508 e. The largest absolute Gasteiger partial charge is 0.508 e. The summed E-state index contributed by atoms with van der Waals surface area (Å²) < 4.78 is 1.59. The van der Waals surface area contributed by atoms with Gasteiger partial charge in [0.1, 0.15) is 11.6 Å². The van der Waals surface area contributed by atoms with Gasteiger partial charge in [-0.2, -0.15) is 12.6 Å². The van der Waals surface area contributed by atoms with Crippen LogP contribution in [0.2, 0.25) is 0 Å². The third-order valence-corrected chi connectivity index (χ3v) is 2.33. The van der Waals surface area contributed by atoms with Crippen molar-refractivity contribution >= 4 is 24.1 Å². The van der Waals surface area contributed by atoms with Crippen molar-refractivity contribution in [3.8, 4) is 5.75 Å². The first-order valence-corrected chi connectivity index (χ1v) is 4.81. The van der Waals surface area contributed by atoms with E-state index in [2.05, 4.69) is 17.6 Å². The molecule has 0 atom stereocenters. The van der Waals surface area contributed by atoms with Gasteiger partial charge in [-0.1, -0.05) is 0 Å². The van der Waals surface area contributed by atoms with Gasteiger partial charge in [0.2, 0.25) is 0 Å². The lowest BCUT2D eigenvalue weighted by molar-refractivity contribution is 0.0693. The van der Waals surface area contributed by atoms with E-state index in [0.29, 0.717) is 17.1 Å². The SMILES string of the molecule is O=C(O)c1nc(CS)n2ccc(O)cc12. The summed E-state index contributed by atoms with van der Waals surface area (Å²) in [5.41, 5.74) is 0.293. The fourth-order valence-electron chi connectivity index (χ4n) is 1.41. The van der Waals surface area contributed by atoms with E-state index in [1.807, 2.05) is 0 Å². The third kappa shape index (κ3) is 1.52. The Morgan fingerprint density at radius 1 is 1.60 bits per heavy atom. The minimum atomic E-state index is -1.12. The highest BCUT2D eigenvalue weighted by molar-refractivity contribution is 7.79. The highest BCUT2D eigenvalue weighted by Gasteiger charge is 2.15. The third-order valence-electron chi connectivity index (χ3n) is 2.04. The zero-order valence-electron chi connectivity index (χ0n) is 7.58. The lowest BCUT2D eigenvalue weighted by Crippen LogP contribution is -1.97. The zero-order chi connectivity index (χ0) is 11.0. The number of nitrogens with zero attached hydrogens (tertiary/aromatic N) is 2. The molecule has 0 saturated carbocycles. The summed E-state index contributed by atoms with van der Waals surface area (Å²) in [7, 11) is 0. The van der Waals surface area contributed by atoms with E-state index in [1.165, 1.54) is 12.1 Å². The van der Waals surface area contributed by atoms with E-state index < -0.39 is 5.97 Å². The second-order valence-electron chi connectivity index (χ2n) is 2.98. The number of pyridine rings is 1. The number of aromatic carboxylic acids is 1. The number of rotatable bonds is 2. The average Bonchev–Trinajstić information content (AvgIpc) is 2.55. The number of fused-ring (bicyclic) bond motifs is 1. The Labute approximate surface area is 90.4 Å². The van der Waals surface area contributed by atoms with Crippen LogP contribution in [-0.2, 0) is 5.75 Å². The molecule has 0 unspecified atom stereocenters. The van der Waals surface area contributed by atoms with Crippen LogP contribution in [0.1, 0.15) is 16.3 Å². The molecule has 2 N–H and O–H groups in total. The molecule has 2 aromatic rings. The molecule has 0 bridgehead atoms. The highest BCUT2D eigenvalue weighted by atomic mass is 32.1. The van der Waals surface area contributed by atoms with Gasteiger partial charge in [-0.05, 0) is 6.07 Å². The van der Waals surface area contributed by atoms with Crippen LogP contribution in [0, 0.1) is 0 Å². The van der Waals surface area contributed by atoms with Gasteiger partial charge >= 0.3 is 5.97 Å². The van der Waals surface area contributed by atoms with Crippen molar-refractivity contribution in [2.75, 3.05) is 0 Å². The summed E-state index contributed by atoms with van der Waals surface area (Å²) in [5, 5.41) is 18.2. The lowest BCUT2D eigenvalue weighted by atomic mass is 10.3. The first-order valence-electron chi connectivity index (χ1n) is 4.17. The lowest BCUT2D eigenvalue weighted by Gasteiger charge is -1.97. The number of carboxylic acid groups (broad SMARTS) is 1.